The zero-order chi connectivity index (χ0) is 21.7. The number of ether oxygens (including phenoxy) is 1. The van der Waals surface area contributed by atoms with E-state index in [-0.39, 0.29) is 23.7 Å². The standard InChI is InChI=1S/C19H16BrN5O5/c1-30-16-7-3-5-13(18(16)26)9-21-22-19(27)17-15(25(28)29)11-24(23-17)10-12-4-2-6-14(20)8-12/h2-9,11,26H,10H2,1H3,(H,22,27). The number of nitrogens with one attached hydrogen (secondary N) is 1. The zero-order valence-corrected chi connectivity index (χ0v) is 17.2. The van der Waals surface area contributed by atoms with Gasteiger partial charge < -0.3 is 9.84 Å². The lowest BCUT2D eigenvalue weighted by molar-refractivity contribution is -0.385. The molecule has 3 aromatic rings. The number of benzene rings is 2. The number of rotatable bonds is 7. The zero-order valence-electron chi connectivity index (χ0n) is 15.7. The van der Waals surface area contributed by atoms with Crippen LogP contribution in [0.5, 0.6) is 11.5 Å². The molecular formula is C19H16BrN5O5. The lowest BCUT2D eigenvalue weighted by atomic mass is 10.2. The summed E-state index contributed by atoms with van der Waals surface area (Å²) in [5.41, 5.74) is 2.51. The maximum atomic E-state index is 12.4. The fraction of sp³-hybridized carbons (Fsp3) is 0.105. The minimum atomic E-state index is -0.853. The predicted octanol–water partition coefficient (Wildman–Crippen LogP) is 3.08. The van der Waals surface area contributed by atoms with E-state index < -0.39 is 16.5 Å². The Kier molecular flexibility index (Phi) is 6.42. The van der Waals surface area contributed by atoms with Gasteiger partial charge in [0, 0.05) is 10.0 Å². The highest BCUT2D eigenvalue weighted by Crippen LogP contribution is 2.28. The molecule has 0 aliphatic carbocycles. The first-order valence-electron chi connectivity index (χ1n) is 8.54. The van der Waals surface area contributed by atoms with E-state index in [9.17, 15) is 20.0 Å². The maximum absolute atomic E-state index is 12.4. The van der Waals surface area contributed by atoms with Crippen LogP contribution >= 0.6 is 15.9 Å². The minimum absolute atomic E-state index is 0.151. The van der Waals surface area contributed by atoms with Gasteiger partial charge in [0.25, 0.3) is 5.91 Å². The Morgan fingerprint density at radius 1 is 1.40 bits per heavy atom. The molecule has 1 amide bonds. The molecule has 154 valence electrons. The summed E-state index contributed by atoms with van der Waals surface area (Å²) < 4.78 is 7.16. The van der Waals surface area contributed by atoms with Crippen LogP contribution in [0.3, 0.4) is 0 Å². The highest BCUT2D eigenvalue weighted by molar-refractivity contribution is 9.10. The van der Waals surface area contributed by atoms with Crippen LogP contribution < -0.4 is 10.2 Å². The summed E-state index contributed by atoms with van der Waals surface area (Å²) in [5.74, 6) is -0.761. The van der Waals surface area contributed by atoms with Gasteiger partial charge in [-0.1, -0.05) is 34.1 Å². The molecule has 0 unspecified atom stereocenters. The summed E-state index contributed by atoms with van der Waals surface area (Å²) in [5, 5.41) is 29.1. The number of phenols is 1. The van der Waals surface area contributed by atoms with Crippen molar-refractivity contribution in [2.75, 3.05) is 7.11 Å². The molecule has 0 radical (unpaired) electrons. The lowest BCUT2D eigenvalue weighted by Crippen LogP contribution is -2.19. The SMILES string of the molecule is COc1cccc(C=NNC(=O)c2nn(Cc3cccc(Br)c3)cc2[N+](=O)[O-])c1O. The Balaban J connectivity index is 1.78. The van der Waals surface area contributed by atoms with Crippen molar-refractivity contribution in [2.24, 2.45) is 5.10 Å². The van der Waals surface area contributed by atoms with E-state index in [0.717, 1.165) is 10.0 Å². The molecular weight excluding hydrogens is 458 g/mol. The lowest BCUT2D eigenvalue weighted by Gasteiger charge is -2.04. The van der Waals surface area contributed by atoms with Gasteiger partial charge in [-0.3, -0.25) is 19.6 Å². The third kappa shape index (κ3) is 4.81. The number of nitrogens with zero attached hydrogens (tertiary/aromatic N) is 4. The van der Waals surface area contributed by atoms with Crippen molar-refractivity contribution in [1.82, 2.24) is 15.2 Å². The maximum Gasteiger partial charge on any atom is 0.320 e. The van der Waals surface area contributed by atoms with Crippen LogP contribution in [0.25, 0.3) is 0 Å². The van der Waals surface area contributed by atoms with E-state index >= 15 is 0 Å². The average Bonchev–Trinajstić information content (AvgIpc) is 3.13. The summed E-state index contributed by atoms with van der Waals surface area (Å²) in [6.07, 6.45) is 2.38. The van der Waals surface area contributed by atoms with Gasteiger partial charge in [-0.05, 0) is 29.8 Å². The number of hydrazone groups is 1. The second kappa shape index (κ2) is 9.18. The Bertz CT molecular complexity index is 1130. The fourth-order valence-electron chi connectivity index (χ4n) is 2.63. The molecule has 11 heteroatoms. The molecule has 1 heterocycles. The molecule has 30 heavy (non-hydrogen) atoms. The Labute approximate surface area is 179 Å². The van der Waals surface area contributed by atoms with Crippen molar-refractivity contribution in [3.8, 4) is 11.5 Å². The molecule has 0 saturated carbocycles. The number of hydrogen-bond acceptors (Lipinski definition) is 7. The number of aromatic hydroxyl groups is 1. The molecule has 0 spiro atoms. The van der Waals surface area contributed by atoms with Crippen molar-refractivity contribution in [3.05, 3.63) is 80.1 Å². The topological polar surface area (TPSA) is 132 Å². The second-order valence-electron chi connectivity index (χ2n) is 6.04. The number of hydrogen-bond donors (Lipinski definition) is 2. The average molecular weight is 474 g/mol. The third-order valence-corrected chi connectivity index (χ3v) is 4.50. The van der Waals surface area contributed by atoms with Gasteiger partial charge in [-0.15, -0.1) is 0 Å². The smallest absolute Gasteiger partial charge is 0.320 e. The summed E-state index contributed by atoms with van der Waals surface area (Å²) in [7, 11) is 1.40. The highest BCUT2D eigenvalue weighted by atomic mass is 79.9. The molecule has 0 fully saturated rings. The molecule has 2 N–H and O–H groups in total. The number of amides is 1. The van der Waals surface area contributed by atoms with Crippen molar-refractivity contribution in [3.63, 3.8) is 0 Å². The predicted molar refractivity (Wildman–Crippen MR) is 112 cm³/mol. The Hall–Kier alpha value is -3.73. The molecule has 0 aliphatic heterocycles. The van der Waals surface area contributed by atoms with Crippen LogP contribution in [0.1, 0.15) is 21.6 Å². The minimum Gasteiger partial charge on any atom is -0.504 e. The van der Waals surface area contributed by atoms with Gasteiger partial charge in [0.05, 0.1) is 24.8 Å². The Morgan fingerprint density at radius 2 is 2.17 bits per heavy atom. The normalized spacial score (nSPS) is 10.9. The quantitative estimate of drug-likeness (QED) is 0.307. The molecule has 0 bridgehead atoms. The number of para-hydroxylation sites is 1. The molecule has 10 nitrogen and oxygen atoms in total. The van der Waals surface area contributed by atoms with Gasteiger partial charge in [0.2, 0.25) is 5.69 Å². The number of halogens is 1. The van der Waals surface area contributed by atoms with Crippen LogP contribution in [-0.2, 0) is 6.54 Å². The fourth-order valence-corrected chi connectivity index (χ4v) is 3.08. The number of carbonyl (C=O) groups is 1. The van der Waals surface area contributed by atoms with Crippen molar-refractivity contribution < 1.29 is 19.6 Å². The summed E-state index contributed by atoms with van der Waals surface area (Å²) in [6, 6.07) is 12.1. The van der Waals surface area contributed by atoms with Gasteiger partial charge in [-0.2, -0.15) is 10.2 Å². The number of nitro groups is 1. The van der Waals surface area contributed by atoms with Crippen LogP contribution in [0.2, 0.25) is 0 Å². The van der Waals surface area contributed by atoms with E-state index in [1.54, 1.807) is 18.2 Å². The van der Waals surface area contributed by atoms with Gasteiger partial charge >= 0.3 is 5.69 Å². The van der Waals surface area contributed by atoms with E-state index in [2.05, 4.69) is 31.6 Å². The highest BCUT2D eigenvalue weighted by Gasteiger charge is 2.25. The number of phenolic OH excluding ortho intramolecular Hbond substituents is 1. The molecule has 0 atom stereocenters. The van der Waals surface area contributed by atoms with Crippen molar-refractivity contribution >= 4 is 33.7 Å². The molecule has 0 saturated heterocycles. The van der Waals surface area contributed by atoms with Crippen LogP contribution in [0.15, 0.2) is 58.2 Å². The first kappa shape index (κ1) is 21.0. The molecule has 0 aliphatic rings. The van der Waals surface area contributed by atoms with E-state index in [1.165, 1.54) is 24.2 Å². The summed E-state index contributed by atoms with van der Waals surface area (Å²) >= 11 is 3.36. The van der Waals surface area contributed by atoms with Crippen molar-refractivity contribution in [1.29, 1.82) is 0 Å². The van der Waals surface area contributed by atoms with E-state index in [4.69, 9.17) is 4.74 Å². The third-order valence-electron chi connectivity index (χ3n) is 4.01. The van der Waals surface area contributed by atoms with Gasteiger partial charge in [0.15, 0.2) is 11.5 Å². The largest absolute Gasteiger partial charge is 0.504 e. The van der Waals surface area contributed by atoms with E-state index in [1.807, 2.05) is 24.3 Å². The van der Waals surface area contributed by atoms with Crippen LogP contribution in [-0.4, -0.2) is 39.0 Å². The number of methoxy groups -OCH3 is 1. The second-order valence-corrected chi connectivity index (χ2v) is 6.96. The van der Waals surface area contributed by atoms with Gasteiger partial charge in [0.1, 0.15) is 6.20 Å². The summed E-state index contributed by atoms with van der Waals surface area (Å²) in [4.78, 5) is 23.0. The Morgan fingerprint density at radius 3 is 2.87 bits per heavy atom. The number of aromatic nitrogens is 2. The van der Waals surface area contributed by atoms with Crippen molar-refractivity contribution in [2.45, 2.75) is 6.54 Å². The molecule has 1 aromatic heterocycles. The monoisotopic (exact) mass is 473 g/mol. The van der Waals surface area contributed by atoms with Gasteiger partial charge in [-0.25, -0.2) is 5.43 Å². The summed E-state index contributed by atoms with van der Waals surface area (Å²) in [6.45, 7) is 0.245. The van der Waals surface area contributed by atoms with Crippen LogP contribution in [0.4, 0.5) is 5.69 Å². The number of carbonyl (C=O) groups excluding carboxylic acids is 1. The first-order valence-corrected chi connectivity index (χ1v) is 9.34. The van der Waals surface area contributed by atoms with E-state index in [0.29, 0.717) is 5.56 Å². The first-order chi connectivity index (χ1) is 14.4. The van der Waals surface area contributed by atoms with Crippen LogP contribution in [0, 0.1) is 10.1 Å². The molecule has 2 aromatic carbocycles. The molecule has 3 rings (SSSR count).